The Hall–Kier alpha value is -3.11. The van der Waals surface area contributed by atoms with E-state index in [-0.39, 0.29) is 29.6 Å². The summed E-state index contributed by atoms with van der Waals surface area (Å²) in [6.45, 7) is 2.35. The van der Waals surface area contributed by atoms with Crippen LogP contribution in [-0.2, 0) is 17.8 Å². The number of H-pyrrole nitrogens is 1. The Morgan fingerprint density at radius 2 is 2.26 bits per heavy atom. The number of hydrogen-bond donors (Lipinski definition) is 2. The second kappa shape index (κ2) is 6.34. The topological polar surface area (TPSA) is 136 Å². The average molecular weight is 317 g/mol. The minimum absolute atomic E-state index is 0.171. The molecule has 11 nitrogen and oxygen atoms in total. The third-order valence-corrected chi connectivity index (χ3v) is 3.11. The van der Waals surface area contributed by atoms with Crippen LogP contribution in [0.1, 0.15) is 25.5 Å². The summed E-state index contributed by atoms with van der Waals surface area (Å²) in [5.41, 5.74) is 0.417. The second-order valence-electron chi connectivity index (χ2n) is 4.91. The molecular weight excluding hydrogens is 302 g/mol. The lowest BCUT2D eigenvalue weighted by Gasteiger charge is -2.00. The summed E-state index contributed by atoms with van der Waals surface area (Å²) in [6, 6.07) is 1.46. The molecule has 0 bridgehead atoms. The van der Waals surface area contributed by atoms with Gasteiger partial charge in [0.05, 0.1) is 12.2 Å². The third-order valence-electron chi connectivity index (χ3n) is 3.11. The number of aryl methyl sites for hydroxylation is 2. The molecular formula is C12H15N9O2. The van der Waals surface area contributed by atoms with Gasteiger partial charge in [-0.2, -0.15) is 9.50 Å². The van der Waals surface area contributed by atoms with Gasteiger partial charge < -0.3 is 0 Å². The first-order valence-corrected chi connectivity index (χ1v) is 7.15. The molecule has 3 aromatic rings. The molecule has 0 atom stereocenters. The van der Waals surface area contributed by atoms with E-state index in [4.69, 9.17) is 0 Å². The van der Waals surface area contributed by atoms with Crippen molar-refractivity contribution in [2.24, 2.45) is 0 Å². The van der Waals surface area contributed by atoms with Gasteiger partial charge in [0.2, 0.25) is 11.9 Å². The maximum Gasteiger partial charge on any atom is 0.274 e. The fourth-order valence-corrected chi connectivity index (χ4v) is 2.06. The van der Waals surface area contributed by atoms with E-state index in [0.717, 1.165) is 6.42 Å². The highest BCUT2D eigenvalue weighted by Gasteiger charge is 2.10. The first-order chi connectivity index (χ1) is 11.2. The predicted octanol–water partition coefficient (Wildman–Crippen LogP) is -0.615. The number of tetrazole rings is 1. The molecule has 0 aliphatic heterocycles. The quantitative estimate of drug-likeness (QED) is 0.618. The molecule has 23 heavy (non-hydrogen) atoms. The number of hydrogen-bond acceptors (Lipinski definition) is 7. The zero-order chi connectivity index (χ0) is 16.2. The van der Waals surface area contributed by atoms with Crippen molar-refractivity contribution in [1.82, 2.24) is 39.8 Å². The van der Waals surface area contributed by atoms with Crippen LogP contribution in [0.2, 0.25) is 0 Å². The Labute approximate surface area is 129 Å². The van der Waals surface area contributed by atoms with Crippen LogP contribution in [0, 0.1) is 0 Å². The van der Waals surface area contributed by atoms with Crippen LogP contribution in [0.4, 0.5) is 5.95 Å². The van der Waals surface area contributed by atoms with E-state index in [9.17, 15) is 9.59 Å². The Morgan fingerprint density at radius 1 is 1.39 bits per heavy atom. The van der Waals surface area contributed by atoms with Gasteiger partial charge in [-0.15, -0.1) is 5.10 Å². The summed E-state index contributed by atoms with van der Waals surface area (Å²) in [6.07, 6.45) is 3.18. The Kier molecular flexibility index (Phi) is 4.08. The van der Waals surface area contributed by atoms with Crippen molar-refractivity contribution >= 4 is 17.6 Å². The van der Waals surface area contributed by atoms with Gasteiger partial charge in [-0.05, 0) is 16.8 Å². The highest BCUT2D eigenvalue weighted by molar-refractivity contribution is 5.88. The molecule has 3 heterocycles. The number of nitrogens with zero attached hydrogens (tertiary/aromatic N) is 7. The molecule has 3 rings (SSSR count). The van der Waals surface area contributed by atoms with Crippen LogP contribution < -0.4 is 10.9 Å². The van der Waals surface area contributed by atoms with Crippen molar-refractivity contribution < 1.29 is 4.79 Å². The summed E-state index contributed by atoms with van der Waals surface area (Å²) in [5.74, 6) is 0.128. The highest BCUT2D eigenvalue weighted by Crippen LogP contribution is 2.04. The first kappa shape index (κ1) is 14.8. The summed E-state index contributed by atoms with van der Waals surface area (Å²) < 4.78 is 2.64. The number of fused-ring (bicyclic) bond motifs is 1. The zero-order valence-electron chi connectivity index (χ0n) is 12.4. The van der Waals surface area contributed by atoms with Gasteiger partial charge in [0.1, 0.15) is 6.33 Å². The van der Waals surface area contributed by atoms with E-state index in [1.54, 1.807) is 0 Å². The lowest BCUT2D eigenvalue weighted by atomic mass is 10.2. The van der Waals surface area contributed by atoms with E-state index < -0.39 is 0 Å². The van der Waals surface area contributed by atoms with E-state index in [1.807, 2.05) is 6.92 Å². The van der Waals surface area contributed by atoms with Gasteiger partial charge in [-0.25, -0.2) is 9.67 Å². The number of rotatable bonds is 6. The molecule has 0 unspecified atom stereocenters. The number of carbonyl (C=O) groups is 1. The average Bonchev–Trinajstić information content (AvgIpc) is 3.15. The van der Waals surface area contributed by atoms with Crippen LogP contribution in [0.25, 0.3) is 5.78 Å². The van der Waals surface area contributed by atoms with Gasteiger partial charge in [-0.1, -0.05) is 13.3 Å². The molecule has 120 valence electrons. The van der Waals surface area contributed by atoms with Gasteiger partial charge in [0, 0.05) is 12.5 Å². The number of amides is 1. The summed E-state index contributed by atoms with van der Waals surface area (Å²) in [7, 11) is 0. The fraction of sp³-hybridized carbons (Fsp3) is 0.417. The maximum atomic E-state index is 12.0. The monoisotopic (exact) mass is 317 g/mol. The molecule has 3 aromatic heterocycles. The summed E-state index contributed by atoms with van der Waals surface area (Å²) in [4.78, 5) is 32.2. The van der Waals surface area contributed by atoms with Crippen LogP contribution in [0.15, 0.2) is 17.2 Å². The van der Waals surface area contributed by atoms with Gasteiger partial charge in [0.15, 0.2) is 0 Å². The molecule has 0 aliphatic carbocycles. The normalized spacial score (nSPS) is 11.0. The molecule has 0 saturated heterocycles. The number of aromatic nitrogens is 8. The van der Waals surface area contributed by atoms with Crippen molar-refractivity contribution in [2.75, 3.05) is 5.32 Å². The zero-order valence-corrected chi connectivity index (χ0v) is 12.4. The molecule has 1 amide bonds. The van der Waals surface area contributed by atoms with E-state index in [0.29, 0.717) is 18.7 Å². The maximum absolute atomic E-state index is 12.0. The van der Waals surface area contributed by atoms with Crippen LogP contribution in [0.5, 0.6) is 0 Å². The van der Waals surface area contributed by atoms with Crippen LogP contribution in [0.3, 0.4) is 0 Å². The molecule has 11 heteroatoms. The molecule has 0 spiro atoms. The SMILES string of the molecule is CCCc1cc(=O)n2[nH]c(NC(=O)CCn3cnnn3)nc2n1. The standard InChI is InChI=1S/C12H15N9O2/c1-2-3-8-6-10(23)21-12(14-8)16-11(17-21)15-9(22)4-5-20-7-13-18-19-20/h6-7H,2-5H2,1H3,(H2,14,15,16,17,22). The van der Waals surface area contributed by atoms with Crippen LogP contribution in [-0.4, -0.2) is 45.7 Å². The first-order valence-electron chi connectivity index (χ1n) is 7.15. The number of nitrogens with one attached hydrogen (secondary N) is 2. The van der Waals surface area contributed by atoms with Gasteiger partial charge in [0.25, 0.3) is 11.3 Å². The van der Waals surface area contributed by atoms with Crippen molar-refractivity contribution in [1.29, 1.82) is 0 Å². The minimum Gasteiger partial charge on any atom is -0.295 e. The van der Waals surface area contributed by atoms with Gasteiger partial charge in [-0.3, -0.25) is 20.0 Å². The summed E-state index contributed by atoms with van der Waals surface area (Å²) in [5, 5.41) is 15.9. The lowest BCUT2D eigenvalue weighted by Crippen LogP contribution is -2.17. The summed E-state index contributed by atoms with van der Waals surface area (Å²) >= 11 is 0. The van der Waals surface area contributed by atoms with E-state index >= 15 is 0 Å². The molecule has 0 aromatic carbocycles. The van der Waals surface area contributed by atoms with Crippen molar-refractivity contribution in [3.05, 3.63) is 28.4 Å². The molecule has 0 fully saturated rings. The number of aromatic amines is 1. The molecule has 0 radical (unpaired) electrons. The lowest BCUT2D eigenvalue weighted by molar-refractivity contribution is -0.116. The largest absolute Gasteiger partial charge is 0.295 e. The smallest absolute Gasteiger partial charge is 0.274 e. The van der Waals surface area contributed by atoms with E-state index in [2.05, 4.69) is 35.9 Å². The van der Waals surface area contributed by atoms with Crippen molar-refractivity contribution in [3.63, 3.8) is 0 Å². The fourth-order valence-electron chi connectivity index (χ4n) is 2.06. The van der Waals surface area contributed by atoms with Gasteiger partial charge >= 0.3 is 0 Å². The third kappa shape index (κ3) is 3.39. The Bertz CT molecular complexity index is 864. The Balaban J connectivity index is 1.71. The van der Waals surface area contributed by atoms with Crippen LogP contribution >= 0.6 is 0 Å². The highest BCUT2D eigenvalue weighted by atomic mass is 16.2. The minimum atomic E-state index is -0.276. The predicted molar refractivity (Wildman–Crippen MR) is 78.7 cm³/mol. The Morgan fingerprint density at radius 3 is 3.00 bits per heavy atom. The molecule has 0 saturated carbocycles. The second-order valence-corrected chi connectivity index (χ2v) is 4.91. The van der Waals surface area contributed by atoms with Crippen molar-refractivity contribution in [3.8, 4) is 0 Å². The van der Waals surface area contributed by atoms with E-state index in [1.165, 1.54) is 21.6 Å². The molecule has 2 N–H and O–H groups in total. The van der Waals surface area contributed by atoms with Crippen molar-refractivity contribution in [2.45, 2.75) is 32.7 Å². The number of anilines is 1. The number of carbonyl (C=O) groups excluding carboxylic acids is 1. The molecule has 0 aliphatic rings.